The van der Waals surface area contributed by atoms with E-state index < -0.39 is 24.0 Å². The molecule has 6 rings (SSSR count). The molecule has 0 unspecified atom stereocenters. The molecule has 35 heavy (non-hydrogen) atoms. The van der Waals surface area contributed by atoms with Gasteiger partial charge >= 0.3 is 0 Å². The second-order valence-electron chi connectivity index (χ2n) is 8.36. The number of rotatable bonds is 4. The number of amides is 2. The molecule has 0 saturated carbocycles. The van der Waals surface area contributed by atoms with Crippen molar-refractivity contribution in [1.82, 2.24) is 0 Å². The highest BCUT2D eigenvalue weighted by molar-refractivity contribution is 9.10. The van der Waals surface area contributed by atoms with Crippen LogP contribution in [0.3, 0.4) is 0 Å². The van der Waals surface area contributed by atoms with Crippen LogP contribution in [0.25, 0.3) is 11.3 Å². The zero-order valence-corrected chi connectivity index (χ0v) is 20.5. The molecular formula is C27H18BrClN2O4. The summed E-state index contributed by atoms with van der Waals surface area (Å²) in [6.45, 7) is 0. The number of hydrogen-bond acceptors (Lipinski definition) is 5. The Labute approximate surface area is 214 Å². The molecule has 0 spiro atoms. The average molecular weight is 550 g/mol. The van der Waals surface area contributed by atoms with Gasteiger partial charge in [0.15, 0.2) is 6.10 Å². The molecule has 0 radical (unpaired) electrons. The minimum atomic E-state index is -0.968. The summed E-state index contributed by atoms with van der Waals surface area (Å²) in [5.74, 6) is -0.325. The number of carbonyl (C=O) groups is 2. The van der Waals surface area contributed by atoms with Crippen LogP contribution in [-0.2, 0) is 14.4 Å². The van der Waals surface area contributed by atoms with Gasteiger partial charge in [-0.3, -0.25) is 14.4 Å². The van der Waals surface area contributed by atoms with Crippen LogP contribution < -0.4 is 9.96 Å². The van der Waals surface area contributed by atoms with Gasteiger partial charge in [-0.15, -0.1) is 0 Å². The van der Waals surface area contributed by atoms with Crippen molar-refractivity contribution in [3.8, 4) is 11.3 Å². The molecule has 2 amide bonds. The van der Waals surface area contributed by atoms with Crippen molar-refractivity contribution in [2.45, 2.75) is 12.1 Å². The quantitative estimate of drug-likeness (QED) is 0.275. The van der Waals surface area contributed by atoms with E-state index in [1.165, 1.54) is 4.90 Å². The Kier molecular flexibility index (Phi) is 5.48. The SMILES string of the molecule is O=C1[C@H]2[C@@H](ON(c3ccccc3)[C@H]2c2ccc(-c3ccc(Br)cc3)o2)C(=O)N1c1ccc(Cl)cc1. The van der Waals surface area contributed by atoms with Gasteiger partial charge in [-0.05, 0) is 60.7 Å². The molecule has 0 bridgehead atoms. The molecule has 1 aromatic heterocycles. The van der Waals surface area contributed by atoms with E-state index in [0.717, 1.165) is 15.7 Å². The Hall–Kier alpha value is -3.39. The highest BCUT2D eigenvalue weighted by Crippen LogP contribution is 2.48. The molecule has 3 heterocycles. The zero-order valence-electron chi connectivity index (χ0n) is 18.2. The lowest BCUT2D eigenvalue weighted by molar-refractivity contribution is -0.126. The normalized spacial score (nSPS) is 21.6. The van der Waals surface area contributed by atoms with Crippen molar-refractivity contribution in [2.24, 2.45) is 5.92 Å². The van der Waals surface area contributed by atoms with Gasteiger partial charge in [-0.1, -0.05) is 57.9 Å². The van der Waals surface area contributed by atoms with Crippen LogP contribution in [-0.4, -0.2) is 17.9 Å². The number of fused-ring (bicyclic) bond motifs is 1. The Morgan fingerprint density at radius 2 is 1.49 bits per heavy atom. The lowest BCUT2D eigenvalue weighted by atomic mass is 9.94. The van der Waals surface area contributed by atoms with E-state index in [-0.39, 0.29) is 5.91 Å². The summed E-state index contributed by atoms with van der Waals surface area (Å²) in [6, 6.07) is 26.9. The number of imide groups is 1. The number of hydrogen-bond donors (Lipinski definition) is 0. The molecule has 0 N–H and O–H groups in total. The number of benzene rings is 3. The maximum absolute atomic E-state index is 13.7. The minimum Gasteiger partial charge on any atom is -0.459 e. The van der Waals surface area contributed by atoms with Crippen LogP contribution in [0.5, 0.6) is 0 Å². The minimum absolute atomic E-state index is 0.340. The number of halogens is 2. The van der Waals surface area contributed by atoms with Crippen molar-refractivity contribution in [3.63, 3.8) is 0 Å². The summed E-state index contributed by atoms with van der Waals surface area (Å²) in [5.41, 5.74) is 2.09. The van der Waals surface area contributed by atoms with Gasteiger partial charge in [0.1, 0.15) is 23.5 Å². The fraction of sp³-hybridized carbons (Fsp3) is 0.111. The van der Waals surface area contributed by atoms with Gasteiger partial charge in [0.2, 0.25) is 5.91 Å². The van der Waals surface area contributed by atoms with Gasteiger partial charge in [0, 0.05) is 15.1 Å². The highest BCUT2D eigenvalue weighted by atomic mass is 79.9. The number of anilines is 2. The molecule has 2 aliphatic rings. The van der Waals surface area contributed by atoms with E-state index in [2.05, 4.69) is 15.9 Å². The van der Waals surface area contributed by atoms with Gasteiger partial charge in [-0.25, -0.2) is 9.96 Å². The van der Waals surface area contributed by atoms with Crippen LogP contribution in [0, 0.1) is 5.92 Å². The molecule has 3 aromatic carbocycles. The third kappa shape index (κ3) is 3.76. The van der Waals surface area contributed by atoms with Crippen molar-refractivity contribution < 1.29 is 18.8 Å². The van der Waals surface area contributed by atoms with E-state index in [9.17, 15) is 9.59 Å². The smallest absolute Gasteiger partial charge is 0.266 e. The Balaban J connectivity index is 1.41. The number of nitrogens with zero attached hydrogens (tertiary/aromatic N) is 2. The van der Waals surface area contributed by atoms with Crippen molar-refractivity contribution >= 4 is 50.7 Å². The Bertz CT molecular complexity index is 1410. The monoisotopic (exact) mass is 548 g/mol. The first kappa shape index (κ1) is 22.1. The van der Waals surface area contributed by atoms with Crippen LogP contribution in [0.15, 0.2) is 99.9 Å². The first-order valence-corrected chi connectivity index (χ1v) is 12.2. The molecule has 2 aliphatic heterocycles. The van der Waals surface area contributed by atoms with Gasteiger partial charge < -0.3 is 4.42 Å². The molecule has 2 saturated heterocycles. The fourth-order valence-electron chi connectivity index (χ4n) is 4.63. The second kappa shape index (κ2) is 8.68. The maximum Gasteiger partial charge on any atom is 0.266 e. The summed E-state index contributed by atoms with van der Waals surface area (Å²) in [6.07, 6.45) is -0.968. The lowest BCUT2D eigenvalue weighted by Gasteiger charge is -2.27. The number of carbonyl (C=O) groups excluding carboxylic acids is 2. The van der Waals surface area contributed by atoms with E-state index in [1.54, 1.807) is 29.3 Å². The number of para-hydroxylation sites is 1. The third-order valence-corrected chi connectivity index (χ3v) is 7.04. The molecule has 174 valence electrons. The third-order valence-electron chi connectivity index (χ3n) is 6.26. The van der Waals surface area contributed by atoms with Crippen LogP contribution in [0.2, 0.25) is 5.02 Å². The largest absolute Gasteiger partial charge is 0.459 e. The zero-order chi connectivity index (χ0) is 24.1. The first-order valence-electron chi connectivity index (χ1n) is 11.0. The van der Waals surface area contributed by atoms with Crippen molar-refractivity contribution in [2.75, 3.05) is 9.96 Å². The standard InChI is InChI=1S/C27H18BrClN2O4/c28-17-8-6-16(7-9-17)21-14-15-22(34-21)24-23-25(35-31(24)20-4-2-1-3-5-20)27(33)30(26(23)32)19-12-10-18(29)11-13-19/h1-15,23-25H/t23-,24+,25-/m1/s1. The van der Waals surface area contributed by atoms with E-state index in [4.69, 9.17) is 20.9 Å². The van der Waals surface area contributed by atoms with Gasteiger partial charge in [-0.2, -0.15) is 0 Å². The van der Waals surface area contributed by atoms with Crippen LogP contribution in [0.4, 0.5) is 11.4 Å². The number of hydroxylamine groups is 1. The number of furan rings is 1. The summed E-state index contributed by atoms with van der Waals surface area (Å²) >= 11 is 9.45. The van der Waals surface area contributed by atoms with Crippen molar-refractivity contribution in [1.29, 1.82) is 0 Å². The molecule has 6 nitrogen and oxygen atoms in total. The molecule has 4 aromatic rings. The maximum atomic E-state index is 13.7. The van der Waals surface area contributed by atoms with E-state index in [1.807, 2.05) is 66.7 Å². The predicted octanol–water partition coefficient (Wildman–Crippen LogP) is 6.41. The Morgan fingerprint density at radius 1 is 0.771 bits per heavy atom. The van der Waals surface area contributed by atoms with Crippen LogP contribution >= 0.6 is 27.5 Å². The highest BCUT2D eigenvalue weighted by Gasteiger charge is 2.61. The summed E-state index contributed by atoms with van der Waals surface area (Å²) in [4.78, 5) is 34.4. The summed E-state index contributed by atoms with van der Waals surface area (Å²) in [5, 5.41) is 2.14. The van der Waals surface area contributed by atoms with Gasteiger partial charge in [0.25, 0.3) is 5.91 Å². The second-order valence-corrected chi connectivity index (χ2v) is 9.71. The summed E-state index contributed by atoms with van der Waals surface area (Å²) in [7, 11) is 0. The molecule has 0 aliphatic carbocycles. The lowest BCUT2D eigenvalue weighted by Crippen LogP contribution is -2.37. The molecule has 2 fully saturated rings. The fourth-order valence-corrected chi connectivity index (χ4v) is 5.02. The molecular weight excluding hydrogens is 532 g/mol. The van der Waals surface area contributed by atoms with E-state index in [0.29, 0.717) is 22.2 Å². The van der Waals surface area contributed by atoms with Gasteiger partial charge in [0.05, 0.1) is 11.4 Å². The topological polar surface area (TPSA) is 63.0 Å². The average Bonchev–Trinajstić information content (AvgIpc) is 3.56. The summed E-state index contributed by atoms with van der Waals surface area (Å²) < 4.78 is 7.22. The Morgan fingerprint density at radius 3 is 2.20 bits per heavy atom. The van der Waals surface area contributed by atoms with Crippen molar-refractivity contribution in [3.05, 3.63) is 106 Å². The molecule has 3 atom stereocenters. The first-order chi connectivity index (χ1) is 17.0. The van der Waals surface area contributed by atoms with E-state index >= 15 is 0 Å². The van der Waals surface area contributed by atoms with Crippen LogP contribution in [0.1, 0.15) is 11.8 Å². The molecule has 8 heteroatoms. The predicted molar refractivity (Wildman–Crippen MR) is 136 cm³/mol.